The molecule has 0 fully saturated rings. The molecule has 1 N–H and O–H groups in total. The van der Waals surface area contributed by atoms with E-state index in [0.29, 0.717) is 6.54 Å². The van der Waals surface area contributed by atoms with Gasteiger partial charge in [-0.25, -0.2) is 0 Å². The van der Waals surface area contributed by atoms with E-state index in [-0.39, 0.29) is 16.8 Å². The van der Waals surface area contributed by atoms with E-state index in [2.05, 4.69) is 5.32 Å². The third kappa shape index (κ3) is 5.10. The van der Waals surface area contributed by atoms with Crippen LogP contribution < -0.4 is 5.32 Å². The second-order valence-electron chi connectivity index (χ2n) is 5.21. The fraction of sp³-hybridized carbons (Fsp3) is 0.235. The highest BCUT2D eigenvalue weighted by Gasteiger charge is 2.14. The monoisotopic (exact) mass is 330 g/mol. The molecule has 1 atom stereocenters. The molecule has 0 saturated carbocycles. The van der Waals surface area contributed by atoms with E-state index < -0.39 is 4.92 Å². The summed E-state index contributed by atoms with van der Waals surface area (Å²) in [5.74, 6) is -0.0612. The summed E-state index contributed by atoms with van der Waals surface area (Å²) in [5.41, 5.74) is 2.28. The molecule has 0 unspecified atom stereocenters. The Morgan fingerprint density at radius 1 is 1.17 bits per heavy atom. The van der Waals surface area contributed by atoms with Gasteiger partial charge in [-0.1, -0.05) is 29.8 Å². The lowest BCUT2D eigenvalue weighted by molar-refractivity contribution is -0.384. The second kappa shape index (κ2) is 7.78. The van der Waals surface area contributed by atoms with Crippen molar-refractivity contribution in [1.82, 2.24) is 5.32 Å². The Labute approximate surface area is 139 Å². The van der Waals surface area contributed by atoms with Gasteiger partial charge < -0.3 is 5.32 Å². The van der Waals surface area contributed by atoms with Crippen LogP contribution in [0.2, 0.25) is 0 Å². The van der Waals surface area contributed by atoms with Crippen LogP contribution >= 0.6 is 11.8 Å². The van der Waals surface area contributed by atoms with Gasteiger partial charge in [-0.05, 0) is 31.5 Å². The molecule has 0 bridgehead atoms. The maximum absolute atomic E-state index is 12.1. The predicted molar refractivity (Wildman–Crippen MR) is 91.4 cm³/mol. The number of benzene rings is 2. The lowest BCUT2D eigenvalue weighted by atomic mass is 10.1. The van der Waals surface area contributed by atoms with Crippen LogP contribution in [0.15, 0.2) is 53.4 Å². The summed E-state index contributed by atoms with van der Waals surface area (Å²) < 4.78 is 0. The van der Waals surface area contributed by atoms with E-state index in [1.165, 1.54) is 29.5 Å². The first-order valence-electron chi connectivity index (χ1n) is 7.20. The van der Waals surface area contributed by atoms with Crippen LogP contribution in [0.1, 0.15) is 18.1 Å². The summed E-state index contributed by atoms with van der Waals surface area (Å²) >= 11 is 1.38. The standard InChI is InChI=1S/C17H18N2O3S/c1-12-3-5-14(6-4-12)11-18-17(20)13(2)23-16-9-7-15(8-10-16)19(21)22/h3-10,13H,11H2,1-2H3,(H,18,20)/t13-/m1/s1. The van der Waals surface area contributed by atoms with Crippen molar-refractivity contribution >= 4 is 23.4 Å². The Hall–Kier alpha value is -2.34. The average molecular weight is 330 g/mol. The number of nitrogens with zero attached hydrogens (tertiary/aromatic N) is 1. The molecule has 23 heavy (non-hydrogen) atoms. The van der Waals surface area contributed by atoms with Crippen molar-refractivity contribution in [3.63, 3.8) is 0 Å². The number of hydrogen-bond donors (Lipinski definition) is 1. The molecule has 0 aliphatic carbocycles. The highest BCUT2D eigenvalue weighted by Crippen LogP contribution is 2.25. The number of rotatable bonds is 6. The molecule has 0 spiro atoms. The Bertz CT molecular complexity index is 684. The number of non-ortho nitro benzene ring substituents is 1. The minimum atomic E-state index is -0.438. The first-order chi connectivity index (χ1) is 11.0. The highest BCUT2D eigenvalue weighted by atomic mass is 32.2. The van der Waals surface area contributed by atoms with Crippen LogP contribution in [-0.2, 0) is 11.3 Å². The molecule has 0 radical (unpaired) electrons. The van der Waals surface area contributed by atoms with Crippen LogP contribution in [0.4, 0.5) is 5.69 Å². The van der Waals surface area contributed by atoms with Gasteiger partial charge in [0.15, 0.2) is 0 Å². The van der Waals surface area contributed by atoms with E-state index in [1.807, 2.05) is 38.1 Å². The Balaban J connectivity index is 1.86. The van der Waals surface area contributed by atoms with E-state index in [0.717, 1.165) is 10.5 Å². The fourth-order valence-electron chi connectivity index (χ4n) is 1.94. The number of nitro benzene ring substituents is 1. The molecule has 2 aromatic carbocycles. The van der Waals surface area contributed by atoms with E-state index in [1.54, 1.807) is 12.1 Å². The quantitative estimate of drug-likeness (QED) is 0.498. The summed E-state index contributed by atoms with van der Waals surface area (Å²) in [4.78, 5) is 23.1. The van der Waals surface area contributed by atoms with Crippen LogP contribution in [-0.4, -0.2) is 16.1 Å². The minimum Gasteiger partial charge on any atom is -0.351 e. The molecule has 5 nitrogen and oxygen atoms in total. The van der Waals surface area contributed by atoms with E-state index in [9.17, 15) is 14.9 Å². The maximum Gasteiger partial charge on any atom is 0.269 e. The zero-order valence-corrected chi connectivity index (χ0v) is 13.8. The molecule has 0 aliphatic rings. The SMILES string of the molecule is Cc1ccc(CNC(=O)[C@@H](C)Sc2ccc([N+](=O)[O-])cc2)cc1. The molecule has 0 aliphatic heterocycles. The number of carbonyl (C=O) groups excluding carboxylic acids is 1. The van der Waals surface area contributed by atoms with Gasteiger partial charge in [-0.2, -0.15) is 0 Å². The number of nitro groups is 1. The van der Waals surface area contributed by atoms with Crippen molar-refractivity contribution in [1.29, 1.82) is 0 Å². The molecule has 6 heteroatoms. The van der Waals surface area contributed by atoms with E-state index in [4.69, 9.17) is 0 Å². The van der Waals surface area contributed by atoms with Gasteiger partial charge in [-0.3, -0.25) is 14.9 Å². The smallest absolute Gasteiger partial charge is 0.269 e. The fourth-order valence-corrected chi connectivity index (χ4v) is 2.83. The van der Waals surface area contributed by atoms with Gasteiger partial charge in [0.05, 0.1) is 10.2 Å². The Morgan fingerprint density at radius 2 is 1.78 bits per heavy atom. The molecule has 1 amide bonds. The van der Waals surface area contributed by atoms with Crippen molar-refractivity contribution in [3.8, 4) is 0 Å². The molecule has 0 heterocycles. The van der Waals surface area contributed by atoms with Crippen molar-refractivity contribution in [2.45, 2.75) is 30.5 Å². The number of amides is 1. The van der Waals surface area contributed by atoms with Crippen LogP contribution in [0, 0.1) is 17.0 Å². The molecule has 2 rings (SSSR count). The van der Waals surface area contributed by atoms with E-state index >= 15 is 0 Å². The molecule has 2 aromatic rings. The van der Waals surface area contributed by atoms with Gasteiger partial charge in [0.1, 0.15) is 0 Å². The lowest BCUT2D eigenvalue weighted by Crippen LogP contribution is -2.30. The van der Waals surface area contributed by atoms with Crippen molar-refractivity contribution in [3.05, 3.63) is 69.8 Å². The number of thioether (sulfide) groups is 1. The number of hydrogen-bond acceptors (Lipinski definition) is 4. The number of aryl methyl sites for hydroxylation is 1. The summed E-state index contributed by atoms with van der Waals surface area (Å²) in [7, 11) is 0. The van der Waals surface area contributed by atoms with Gasteiger partial charge in [0.2, 0.25) is 5.91 Å². The molecule has 0 aromatic heterocycles. The van der Waals surface area contributed by atoms with Crippen LogP contribution in [0.3, 0.4) is 0 Å². The normalized spacial score (nSPS) is 11.7. The zero-order valence-electron chi connectivity index (χ0n) is 13.0. The third-order valence-electron chi connectivity index (χ3n) is 3.32. The van der Waals surface area contributed by atoms with Crippen molar-refractivity contribution in [2.75, 3.05) is 0 Å². The van der Waals surface area contributed by atoms with Crippen LogP contribution in [0.25, 0.3) is 0 Å². The third-order valence-corrected chi connectivity index (χ3v) is 4.43. The van der Waals surface area contributed by atoms with Gasteiger partial charge in [-0.15, -0.1) is 11.8 Å². The van der Waals surface area contributed by atoms with Crippen molar-refractivity contribution in [2.24, 2.45) is 0 Å². The molecular formula is C17H18N2O3S. The Kier molecular flexibility index (Phi) is 5.76. The zero-order chi connectivity index (χ0) is 16.8. The number of nitrogens with one attached hydrogen (secondary N) is 1. The minimum absolute atomic E-state index is 0.0471. The summed E-state index contributed by atoms with van der Waals surface area (Å²) in [6, 6.07) is 14.2. The topological polar surface area (TPSA) is 72.2 Å². The first-order valence-corrected chi connectivity index (χ1v) is 8.08. The largest absolute Gasteiger partial charge is 0.351 e. The summed E-state index contributed by atoms with van der Waals surface area (Å²) in [6.45, 7) is 4.33. The predicted octanol–water partition coefficient (Wildman–Crippen LogP) is 3.70. The highest BCUT2D eigenvalue weighted by molar-refractivity contribution is 8.00. The second-order valence-corrected chi connectivity index (χ2v) is 6.63. The molecule has 120 valence electrons. The number of carbonyl (C=O) groups is 1. The molecule has 0 saturated heterocycles. The summed E-state index contributed by atoms with van der Waals surface area (Å²) in [5, 5.41) is 13.2. The maximum atomic E-state index is 12.1. The molecular weight excluding hydrogens is 312 g/mol. The van der Waals surface area contributed by atoms with Crippen LogP contribution in [0.5, 0.6) is 0 Å². The van der Waals surface area contributed by atoms with Gasteiger partial charge >= 0.3 is 0 Å². The summed E-state index contributed by atoms with van der Waals surface area (Å²) in [6.07, 6.45) is 0. The first kappa shape index (κ1) is 17.0. The van der Waals surface area contributed by atoms with Gasteiger partial charge in [0, 0.05) is 23.6 Å². The Morgan fingerprint density at radius 3 is 2.35 bits per heavy atom. The lowest BCUT2D eigenvalue weighted by Gasteiger charge is -2.12. The van der Waals surface area contributed by atoms with Crippen molar-refractivity contribution < 1.29 is 9.72 Å². The average Bonchev–Trinajstić information content (AvgIpc) is 2.54. The van der Waals surface area contributed by atoms with Gasteiger partial charge in [0.25, 0.3) is 5.69 Å².